The third kappa shape index (κ3) is 4.83. The smallest absolute Gasteiger partial charge is 0.253 e. The van der Waals surface area contributed by atoms with Gasteiger partial charge >= 0.3 is 0 Å². The number of hydrogen-bond donors (Lipinski definition) is 2. The molecule has 0 unspecified atom stereocenters. The minimum absolute atomic E-state index is 0.119. The van der Waals surface area contributed by atoms with Crippen molar-refractivity contribution in [3.05, 3.63) is 52.8 Å². The van der Waals surface area contributed by atoms with Gasteiger partial charge in [0.05, 0.1) is 17.8 Å². The average molecular weight is 398 g/mol. The van der Waals surface area contributed by atoms with Gasteiger partial charge in [0.25, 0.3) is 5.91 Å². The molecule has 0 atom stereocenters. The Morgan fingerprint density at radius 3 is 2.68 bits per heavy atom. The summed E-state index contributed by atoms with van der Waals surface area (Å²) in [6.07, 6.45) is 5.56. The molecule has 0 saturated heterocycles. The van der Waals surface area contributed by atoms with Crippen molar-refractivity contribution >= 4 is 28.3 Å². The fourth-order valence-corrected chi connectivity index (χ4v) is 3.50. The molecule has 2 N–H and O–H groups in total. The van der Waals surface area contributed by atoms with E-state index in [1.807, 2.05) is 25.4 Å². The number of rotatable bonds is 7. The zero-order valence-corrected chi connectivity index (χ0v) is 17.0. The molecular weight excluding hydrogens is 374 g/mol. The van der Waals surface area contributed by atoms with Crippen LogP contribution in [-0.2, 0) is 18.3 Å². The van der Waals surface area contributed by atoms with Crippen molar-refractivity contribution < 1.29 is 9.59 Å². The third-order valence-electron chi connectivity index (χ3n) is 4.23. The molecule has 3 rings (SSSR count). The lowest BCUT2D eigenvalue weighted by atomic mass is 10.1. The summed E-state index contributed by atoms with van der Waals surface area (Å²) < 4.78 is 1.77. The number of anilines is 1. The summed E-state index contributed by atoms with van der Waals surface area (Å²) in [6.45, 7) is 4.02. The predicted molar refractivity (Wildman–Crippen MR) is 110 cm³/mol. The predicted octanol–water partition coefficient (Wildman–Crippen LogP) is 3.17. The maximum atomic E-state index is 12.1. The molecule has 3 aromatic heterocycles. The summed E-state index contributed by atoms with van der Waals surface area (Å²) in [5.41, 5.74) is 4.26. The van der Waals surface area contributed by atoms with Crippen molar-refractivity contribution in [2.24, 2.45) is 7.05 Å². The van der Waals surface area contributed by atoms with Gasteiger partial charge in [0.15, 0.2) is 5.13 Å². The van der Waals surface area contributed by atoms with Gasteiger partial charge < -0.3 is 15.2 Å². The molecule has 0 radical (unpaired) electrons. The van der Waals surface area contributed by atoms with E-state index in [9.17, 15) is 9.59 Å². The molecule has 0 bridgehead atoms. The van der Waals surface area contributed by atoms with Crippen LogP contribution >= 0.6 is 11.3 Å². The van der Waals surface area contributed by atoms with Crippen LogP contribution in [0.3, 0.4) is 0 Å². The highest BCUT2D eigenvalue weighted by molar-refractivity contribution is 7.14. The van der Waals surface area contributed by atoms with Crippen LogP contribution in [0, 0.1) is 6.92 Å². The summed E-state index contributed by atoms with van der Waals surface area (Å²) in [7, 11) is 1.83. The van der Waals surface area contributed by atoms with E-state index in [1.54, 1.807) is 23.0 Å². The van der Waals surface area contributed by atoms with E-state index >= 15 is 0 Å². The molecule has 3 heterocycles. The van der Waals surface area contributed by atoms with Crippen LogP contribution < -0.4 is 10.6 Å². The van der Waals surface area contributed by atoms with Crippen molar-refractivity contribution in [1.29, 1.82) is 0 Å². The molecule has 0 aliphatic carbocycles. The highest BCUT2D eigenvalue weighted by atomic mass is 32.1. The normalized spacial score (nSPS) is 10.7. The monoisotopic (exact) mass is 397 g/mol. The second kappa shape index (κ2) is 8.79. The van der Waals surface area contributed by atoms with Crippen LogP contribution in [-0.4, -0.2) is 32.9 Å². The second-order valence-corrected chi connectivity index (χ2v) is 7.38. The number of hydrogen-bond acceptors (Lipinski definition) is 5. The first-order valence-corrected chi connectivity index (χ1v) is 9.96. The first-order valence-electron chi connectivity index (χ1n) is 9.08. The summed E-state index contributed by atoms with van der Waals surface area (Å²) in [6, 6.07) is 5.73. The topological polar surface area (TPSA) is 88.9 Å². The van der Waals surface area contributed by atoms with E-state index in [-0.39, 0.29) is 18.4 Å². The Morgan fingerprint density at radius 1 is 1.18 bits per heavy atom. The largest absolute Gasteiger partial charge is 0.356 e. The number of thiazole rings is 1. The van der Waals surface area contributed by atoms with E-state index in [0.29, 0.717) is 10.7 Å². The van der Waals surface area contributed by atoms with E-state index in [2.05, 4.69) is 33.6 Å². The first kappa shape index (κ1) is 19.8. The Morgan fingerprint density at radius 2 is 2.00 bits per heavy atom. The van der Waals surface area contributed by atoms with Crippen molar-refractivity contribution in [3.63, 3.8) is 0 Å². The molecule has 0 fully saturated rings. The van der Waals surface area contributed by atoms with Crippen LogP contribution in [0.5, 0.6) is 0 Å². The lowest BCUT2D eigenvalue weighted by Gasteiger charge is -2.05. The molecule has 2 amide bonds. The van der Waals surface area contributed by atoms with Crippen LogP contribution in [0.15, 0.2) is 36.0 Å². The Kier molecular flexibility index (Phi) is 6.20. The third-order valence-corrected chi connectivity index (χ3v) is 4.99. The number of pyridine rings is 1. The van der Waals surface area contributed by atoms with Crippen LogP contribution in [0.4, 0.5) is 5.13 Å². The van der Waals surface area contributed by atoms with Crippen molar-refractivity contribution in [1.82, 2.24) is 19.9 Å². The van der Waals surface area contributed by atoms with E-state index < -0.39 is 0 Å². The van der Waals surface area contributed by atoms with Crippen LogP contribution in [0.25, 0.3) is 11.4 Å². The molecular formula is C20H23N5O2S. The van der Waals surface area contributed by atoms with Gasteiger partial charge in [-0.2, -0.15) is 0 Å². The van der Waals surface area contributed by atoms with Gasteiger partial charge in [-0.1, -0.05) is 19.4 Å². The van der Waals surface area contributed by atoms with Gasteiger partial charge in [0, 0.05) is 30.5 Å². The van der Waals surface area contributed by atoms with Crippen molar-refractivity contribution in [3.8, 4) is 11.4 Å². The number of amides is 2. The summed E-state index contributed by atoms with van der Waals surface area (Å²) >= 11 is 1.33. The maximum Gasteiger partial charge on any atom is 0.253 e. The van der Waals surface area contributed by atoms with Gasteiger partial charge in [-0.25, -0.2) is 4.98 Å². The first-order chi connectivity index (χ1) is 13.5. The minimum atomic E-state index is -0.326. The van der Waals surface area contributed by atoms with Gasteiger partial charge in [-0.3, -0.25) is 14.6 Å². The number of aryl methyl sites for hydroxylation is 3. The quantitative estimate of drug-likeness (QED) is 0.641. The van der Waals surface area contributed by atoms with Gasteiger partial charge in [-0.15, -0.1) is 11.3 Å². The molecule has 0 saturated carbocycles. The van der Waals surface area contributed by atoms with Gasteiger partial charge in [-0.05, 0) is 31.0 Å². The fraction of sp³-hybridized carbons (Fsp3) is 0.300. The van der Waals surface area contributed by atoms with Crippen LogP contribution in [0.1, 0.15) is 35.0 Å². The number of carbonyl (C=O) groups is 2. The van der Waals surface area contributed by atoms with Crippen molar-refractivity contribution in [2.45, 2.75) is 26.7 Å². The Bertz CT molecular complexity index is 992. The standard InChI is InChI=1S/C20H23N5O2S/c1-4-5-14-6-7-16(22-13(14)2)17-12-28-20(23-17)24-18(26)10-21-19(27)15-8-9-25(3)11-15/h6-9,11-12H,4-5,10H2,1-3H3,(H,21,27)(H,23,24,26). The molecule has 8 heteroatoms. The highest BCUT2D eigenvalue weighted by Gasteiger charge is 2.12. The molecule has 146 valence electrons. The zero-order valence-electron chi connectivity index (χ0n) is 16.2. The van der Waals surface area contributed by atoms with Crippen molar-refractivity contribution in [2.75, 3.05) is 11.9 Å². The molecule has 0 spiro atoms. The number of aromatic nitrogens is 3. The minimum Gasteiger partial charge on any atom is -0.356 e. The van der Waals surface area contributed by atoms with E-state index in [1.165, 1.54) is 16.9 Å². The SMILES string of the molecule is CCCc1ccc(-c2csc(NC(=O)CNC(=O)c3ccn(C)c3)n2)nc1C. The average Bonchev–Trinajstić information content (AvgIpc) is 3.31. The summed E-state index contributed by atoms with van der Waals surface area (Å²) in [5.74, 6) is -0.616. The van der Waals surface area contributed by atoms with E-state index in [0.717, 1.165) is 29.9 Å². The Hall–Kier alpha value is -3.00. The summed E-state index contributed by atoms with van der Waals surface area (Å²) in [5, 5.41) is 7.65. The molecule has 3 aromatic rings. The van der Waals surface area contributed by atoms with Crippen LogP contribution in [0.2, 0.25) is 0 Å². The number of nitrogens with zero attached hydrogens (tertiary/aromatic N) is 3. The second-order valence-electron chi connectivity index (χ2n) is 6.53. The molecule has 28 heavy (non-hydrogen) atoms. The Balaban J connectivity index is 1.57. The fourth-order valence-electron chi connectivity index (χ4n) is 2.78. The zero-order chi connectivity index (χ0) is 20.1. The number of carbonyl (C=O) groups excluding carboxylic acids is 2. The maximum absolute atomic E-state index is 12.1. The molecule has 0 aliphatic rings. The van der Waals surface area contributed by atoms with Gasteiger partial charge in [0.2, 0.25) is 5.91 Å². The molecule has 0 aliphatic heterocycles. The highest BCUT2D eigenvalue weighted by Crippen LogP contribution is 2.24. The summed E-state index contributed by atoms with van der Waals surface area (Å²) in [4.78, 5) is 33.1. The molecule has 7 nitrogen and oxygen atoms in total. The molecule has 0 aromatic carbocycles. The lowest BCUT2D eigenvalue weighted by molar-refractivity contribution is -0.115. The Labute approximate surface area is 167 Å². The van der Waals surface area contributed by atoms with Gasteiger partial charge in [0.1, 0.15) is 5.69 Å². The number of nitrogens with one attached hydrogen (secondary N) is 2. The lowest BCUT2D eigenvalue weighted by Crippen LogP contribution is -2.32. The van der Waals surface area contributed by atoms with E-state index in [4.69, 9.17) is 0 Å².